The molecular weight excluding hydrogens is 328 g/mol. The first-order valence-corrected chi connectivity index (χ1v) is 8.36. The van der Waals surface area contributed by atoms with Crippen molar-refractivity contribution in [2.75, 3.05) is 0 Å². The summed E-state index contributed by atoms with van der Waals surface area (Å²) in [4.78, 5) is 37.3. The summed E-state index contributed by atoms with van der Waals surface area (Å²) in [5.41, 5.74) is -2.71. The van der Waals surface area contributed by atoms with Gasteiger partial charge >= 0.3 is 5.97 Å². The second kappa shape index (κ2) is 5.12. The Morgan fingerprint density at radius 1 is 1.32 bits per heavy atom. The molecule has 2 aliphatic heterocycles. The fourth-order valence-electron chi connectivity index (χ4n) is 4.37. The van der Waals surface area contributed by atoms with Gasteiger partial charge in [0.15, 0.2) is 17.0 Å². The monoisotopic (exact) mass is 346 g/mol. The van der Waals surface area contributed by atoms with Crippen molar-refractivity contribution in [2.45, 2.75) is 56.0 Å². The van der Waals surface area contributed by atoms with Gasteiger partial charge in [-0.15, -0.1) is 0 Å². The highest BCUT2D eigenvalue weighted by molar-refractivity contribution is 6.26. The number of carboxylic acid groups (broad SMARTS) is 1. The van der Waals surface area contributed by atoms with Crippen LogP contribution in [0, 0.1) is 0 Å². The molecule has 2 saturated heterocycles. The lowest BCUT2D eigenvalue weighted by atomic mass is 9.67. The van der Waals surface area contributed by atoms with Crippen molar-refractivity contribution in [3.05, 3.63) is 29.3 Å². The quantitative estimate of drug-likeness (QED) is 0.798. The second-order valence-corrected chi connectivity index (χ2v) is 6.86. The van der Waals surface area contributed by atoms with E-state index in [0.29, 0.717) is 12.8 Å². The summed E-state index contributed by atoms with van der Waals surface area (Å²) in [7, 11) is 0. The minimum Gasteiger partial charge on any atom is -0.507 e. The number of epoxide rings is 1. The molecule has 25 heavy (non-hydrogen) atoms. The molecule has 0 aromatic heterocycles. The van der Waals surface area contributed by atoms with Gasteiger partial charge in [-0.1, -0.05) is 25.5 Å². The predicted molar refractivity (Wildman–Crippen MR) is 83.8 cm³/mol. The maximum absolute atomic E-state index is 13.2. The number of ketones is 2. The Labute approximate surface area is 143 Å². The zero-order valence-corrected chi connectivity index (χ0v) is 13.7. The molecular formula is C18H18O7. The van der Waals surface area contributed by atoms with Crippen molar-refractivity contribution in [1.82, 2.24) is 0 Å². The molecule has 4 unspecified atom stereocenters. The van der Waals surface area contributed by atoms with Crippen LogP contribution in [-0.4, -0.2) is 51.2 Å². The number of fused-ring (bicyclic) bond motifs is 1. The van der Waals surface area contributed by atoms with Gasteiger partial charge < -0.3 is 19.7 Å². The SMILES string of the molecule is CCCC1OC(CC(=O)O)CC23OC12C(=O)c1c(O)cccc1C3=O. The van der Waals surface area contributed by atoms with Gasteiger partial charge in [0.1, 0.15) is 5.75 Å². The molecule has 4 atom stereocenters. The van der Waals surface area contributed by atoms with E-state index in [4.69, 9.17) is 14.6 Å². The number of aromatic hydroxyl groups is 1. The van der Waals surface area contributed by atoms with Crippen molar-refractivity contribution >= 4 is 17.5 Å². The van der Waals surface area contributed by atoms with Crippen LogP contribution in [0.15, 0.2) is 18.2 Å². The van der Waals surface area contributed by atoms with E-state index < -0.39 is 35.2 Å². The second-order valence-electron chi connectivity index (χ2n) is 6.86. The first kappa shape index (κ1) is 16.2. The number of carbonyl (C=O) groups is 3. The molecule has 0 amide bonds. The normalized spacial score (nSPS) is 35.6. The molecule has 2 N–H and O–H groups in total. The Hall–Kier alpha value is -2.25. The predicted octanol–water partition coefficient (Wildman–Crippen LogP) is 1.71. The van der Waals surface area contributed by atoms with Crippen molar-refractivity contribution < 1.29 is 34.1 Å². The lowest BCUT2D eigenvalue weighted by Crippen LogP contribution is -2.58. The molecule has 7 nitrogen and oxygen atoms in total. The van der Waals surface area contributed by atoms with Crippen LogP contribution in [-0.2, 0) is 14.3 Å². The summed E-state index contributed by atoms with van der Waals surface area (Å²) < 4.78 is 11.7. The molecule has 4 rings (SSSR count). The average molecular weight is 346 g/mol. The first-order valence-electron chi connectivity index (χ1n) is 8.36. The number of carbonyl (C=O) groups excluding carboxylic acids is 2. The number of benzene rings is 1. The maximum atomic E-state index is 13.2. The summed E-state index contributed by atoms with van der Waals surface area (Å²) in [5.74, 6) is -2.11. The first-order chi connectivity index (χ1) is 11.9. The highest BCUT2D eigenvalue weighted by Crippen LogP contribution is 2.64. The number of carboxylic acids is 1. The maximum Gasteiger partial charge on any atom is 0.305 e. The fourth-order valence-corrected chi connectivity index (χ4v) is 4.37. The number of rotatable bonds is 4. The third-order valence-electron chi connectivity index (χ3n) is 5.39. The van der Waals surface area contributed by atoms with Crippen molar-refractivity contribution in [2.24, 2.45) is 0 Å². The Kier molecular flexibility index (Phi) is 3.33. The van der Waals surface area contributed by atoms with Crippen molar-refractivity contribution in [1.29, 1.82) is 0 Å². The van der Waals surface area contributed by atoms with E-state index in [1.54, 1.807) is 0 Å². The van der Waals surface area contributed by atoms with Gasteiger partial charge in [-0.05, 0) is 12.5 Å². The van der Waals surface area contributed by atoms with E-state index in [9.17, 15) is 19.5 Å². The fraction of sp³-hybridized carbons (Fsp3) is 0.500. The van der Waals surface area contributed by atoms with Gasteiger partial charge in [-0.25, -0.2) is 0 Å². The number of ether oxygens (including phenoxy) is 2. The Balaban J connectivity index is 1.84. The zero-order valence-electron chi connectivity index (χ0n) is 13.7. The molecule has 1 aromatic rings. The molecule has 132 valence electrons. The molecule has 3 aliphatic rings. The summed E-state index contributed by atoms with van der Waals surface area (Å²) in [5, 5.41) is 19.2. The lowest BCUT2D eigenvalue weighted by Gasteiger charge is -2.38. The van der Waals surface area contributed by atoms with Crippen LogP contribution >= 0.6 is 0 Å². The van der Waals surface area contributed by atoms with E-state index >= 15 is 0 Å². The van der Waals surface area contributed by atoms with Crippen LogP contribution in [0.2, 0.25) is 0 Å². The lowest BCUT2D eigenvalue weighted by molar-refractivity contribution is -0.143. The van der Waals surface area contributed by atoms with Crippen LogP contribution in [0.1, 0.15) is 53.3 Å². The summed E-state index contributed by atoms with van der Waals surface area (Å²) in [6.07, 6.45) is -0.490. The van der Waals surface area contributed by atoms with Gasteiger partial charge in [0.05, 0.1) is 24.2 Å². The number of hydrogen-bond acceptors (Lipinski definition) is 6. The van der Waals surface area contributed by atoms with Gasteiger partial charge in [0, 0.05) is 12.0 Å². The van der Waals surface area contributed by atoms with Crippen LogP contribution in [0.4, 0.5) is 0 Å². The van der Waals surface area contributed by atoms with Gasteiger partial charge in [0.25, 0.3) is 0 Å². The number of Topliss-reactive ketones (excluding diaryl/α,β-unsaturated/α-hetero) is 2. The van der Waals surface area contributed by atoms with E-state index in [2.05, 4.69) is 0 Å². The van der Waals surface area contributed by atoms with E-state index in [-0.39, 0.29) is 35.5 Å². The van der Waals surface area contributed by atoms with Crippen molar-refractivity contribution in [3.63, 3.8) is 0 Å². The van der Waals surface area contributed by atoms with Crippen LogP contribution in [0.3, 0.4) is 0 Å². The molecule has 0 bridgehead atoms. The third-order valence-corrected chi connectivity index (χ3v) is 5.39. The Morgan fingerprint density at radius 3 is 2.76 bits per heavy atom. The molecule has 0 spiro atoms. The Bertz CT molecular complexity index is 801. The van der Waals surface area contributed by atoms with Crippen molar-refractivity contribution in [3.8, 4) is 5.75 Å². The third kappa shape index (κ3) is 1.90. The standard InChI is InChI=1S/C18H18O7/c1-2-4-12-18-16(23)14-10(5-3-6-11(14)19)15(22)17(18,25-18)8-9(24-12)7-13(20)21/h3,5-6,9,12,19H,2,4,7-8H2,1H3,(H,20,21). The molecule has 2 heterocycles. The van der Waals surface area contributed by atoms with Crippen LogP contribution in [0.25, 0.3) is 0 Å². The largest absolute Gasteiger partial charge is 0.507 e. The van der Waals surface area contributed by atoms with Gasteiger partial charge in [-0.2, -0.15) is 0 Å². The molecule has 0 radical (unpaired) electrons. The minimum atomic E-state index is -1.44. The number of aliphatic carboxylic acids is 1. The highest BCUT2D eigenvalue weighted by Gasteiger charge is 2.85. The summed E-state index contributed by atoms with van der Waals surface area (Å²) in [6.45, 7) is 1.91. The smallest absolute Gasteiger partial charge is 0.305 e. The van der Waals surface area contributed by atoms with E-state index in [1.165, 1.54) is 18.2 Å². The van der Waals surface area contributed by atoms with E-state index in [1.807, 2.05) is 6.92 Å². The summed E-state index contributed by atoms with van der Waals surface area (Å²) >= 11 is 0. The molecule has 1 aromatic carbocycles. The molecule has 0 saturated carbocycles. The molecule has 7 heteroatoms. The van der Waals surface area contributed by atoms with Crippen LogP contribution < -0.4 is 0 Å². The van der Waals surface area contributed by atoms with Crippen LogP contribution in [0.5, 0.6) is 5.75 Å². The van der Waals surface area contributed by atoms with Gasteiger partial charge in [-0.3, -0.25) is 14.4 Å². The number of phenols is 1. The minimum absolute atomic E-state index is 0.0259. The van der Waals surface area contributed by atoms with Gasteiger partial charge in [0.2, 0.25) is 5.78 Å². The number of phenolic OH excluding ortho intramolecular Hbond substituents is 1. The topological polar surface area (TPSA) is 113 Å². The molecule has 2 fully saturated rings. The highest BCUT2D eigenvalue weighted by atomic mass is 16.7. The number of hydrogen-bond donors (Lipinski definition) is 2. The average Bonchev–Trinajstić information content (AvgIpc) is 3.25. The van der Waals surface area contributed by atoms with E-state index in [0.717, 1.165) is 0 Å². The Morgan fingerprint density at radius 2 is 2.08 bits per heavy atom. The molecule has 1 aliphatic carbocycles. The zero-order chi connectivity index (χ0) is 18.0. The summed E-state index contributed by atoms with van der Waals surface area (Å²) in [6, 6.07) is 4.36.